The quantitative estimate of drug-likeness (QED) is 0.326. The third kappa shape index (κ3) is 3.88. The lowest BCUT2D eigenvalue weighted by atomic mass is 10.0. The number of carbonyl (C=O) groups is 2. The van der Waals surface area contributed by atoms with E-state index in [0.29, 0.717) is 11.1 Å². The van der Waals surface area contributed by atoms with Crippen LogP contribution in [0.3, 0.4) is 0 Å². The average molecular weight is 407 g/mol. The van der Waals surface area contributed by atoms with E-state index in [9.17, 15) is 9.59 Å². The van der Waals surface area contributed by atoms with Gasteiger partial charge in [-0.1, -0.05) is 65.1 Å². The smallest absolute Gasteiger partial charge is 0.363 e. The number of pyridine rings is 1. The van der Waals surface area contributed by atoms with Crippen LogP contribution in [0, 0.1) is 0 Å². The number of aromatic nitrogens is 1. The highest BCUT2D eigenvalue weighted by atomic mass is 35.5. The summed E-state index contributed by atoms with van der Waals surface area (Å²) in [5.74, 6) is -0.670. The molecule has 2 aromatic carbocycles. The van der Waals surface area contributed by atoms with Crippen molar-refractivity contribution in [2.45, 2.75) is 0 Å². The van der Waals surface area contributed by atoms with Gasteiger partial charge in [0.2, 0.25) is 0 Å². The molecule has 0 saturated heterocycles. The third-order valence-electron chi connectivity index (χ3n) is 3.47. The minimum Gasteiger partial charge on any atom is -0.422 e. The number of ketones is 1. The Bertz CT molecular complexity index is 973. The van der Waals surface area contributed by atoms with Gasteiger partial charge in [0.25, 0.3) is 0 Å². The van der Waals surface area contributed by atoms with E-state index in [4.69, 9.17) is 39.5 Å². The third-order valence-corrected chi connectivity index (χ3v) is 4.71. The molecular weight excluding hydrogens is 397 g/mol. The lowest BCUT2D eigenvalue weighted by Gasteiger charge is -2.07. The van der Waals surface area contributed by atoms with Crippen molar-refractivity contribution in [2.24, 2.45) is 0 Å². The van der Waals surface area contributed by atoms with Gasteiger partial charge in [0.05, 0.1) is 15.1 Å². The van der Waals surface area contributed by atoms with Gasteiger partial charge in [-0.05, 0) is 24.3 Å². The van der Waals surface area contributed by atoms with Crippen LogP contribution in [0.1, 0.15) is 26.4 Å². The fourth-order valence-electron chi connectivity index (χ4n) is 2.17. The molecule has 0 N–H and O–H groups in total. The van der Waals surface area contributed by atoms with Gasteiger partial charge in [-0.15, -0.1) is 0 Å². The maximum atomic E-state index is 12.4. The van der Waals surface area contributed by atoms with Crippen LogP contribution in [0.2, 0.25) is 15.1 Å². The molecule has 0 spiro atoms. The summed E-state index contributed by atoms with van der Waals surface area (Å²) in [5, 5.41) is 0.0797. The Morgan fingerprint density at radius 2 is 1.42 bits per heavy atom. The first-order chi connectivity index (χ1) is 12.5. The standard InChI is InChI=1S/C19H10Cl3NO3/c20-14-10-23-17(16(22)15(14)21)19(25)26-13-8-6-12(7-9-13)18(24)11-4-2-1-3-5-11/h1-10H. The molecule has 3 rings (SSSR count). The molecule has 0 bridgehead atoms. The van der Waals surface area contributed by atoms with E-state index in [2.05, 4.69) is 4.98 Å². The number of hydrogen-bond donors (Lipinski definition) is 0. The molecule has 130 valence electrons. The molecule has 0 amide bonds. The number of carbonyl (C=O) groups excluding carboxylic acids is 2. The fourth-order valence-corrected chi connectivity index (χ4v) is 2.73. The zero-order chi connectivity index (χ0) is 18.7. The van der Waals surface area contributed by atoms with E-state index in [0.717, 1.165) is 0 Å². The highest BCUT2D eigenvalue weighted by Gasteiger charge is 2.19. The second-order valence-corrected chi connectivity index (χ2v) is 6.35. The largest absolute Gasteiger partial charge is 0.422 e. The predicted molar refractivity (Wildman–Crippen MR) is 101 cm³/mol. The Kier molecular flexibility index (Phi) is 5.57. The minimum atomic E-state index is -0.782. The van der Waals surface area contributed by atoms with E-state index in [1.165, 1.54) is 18.3 Å². The lowest BCUT2D eigenvalue weighted by molar-refractivity contribution is 0.0729. The average Bonchev–Trinajstić information content (AvgIpc) is 2.67. The van der Waals surface area contributed by atoms with Gasteiger partial charge in [-0.25, -0.2) is 9.78 Å². The summed E-state index contributed by atoms with van der Waals surface area (Å²) in [6.45, 7) is 0. The lowest BCUT2D eigenvalue weighted by Crippen LogP contribution is -2.11. The van der Waals surface area contributed by atoms with Gasteiger partial charge < -0.3 is 4.74 Å². The maximum absolute atomic E-state index is 12.4. The molecule has 1 aromatic heterocycles. The Morgan fingerprint density at radius 3 is 2.08 bits per heavy atom. The van der Waals surface area contributed by atoms with Crippen LogP contribution < -0.4 is 4.74 Å². The number of hydrogen-bond acceptors (Lipinski definition) is 4. The summed E-state index contributed by atoms with van der Waals surface area (Å²) in [4.78, 5) is 28.4. The van der Waals surface area contributed by atoms with Crippen LogP contribution >= 0.6 is 34.8 Å². The van der Waals surface area contributed by atoms with Crippen LogP contribution in [-0.4, -0.2) is 16.7 Å². The van der Waals surface area contributed by atoms with Gasteiger partial charge in [0.15, 0.2) is 11.5 Å². The fraction of sp³-hybridized carbons (Fsp3) is 0. The normalized spacial score (nSPS) is 10.4. The number of rotatable bonds is 4. The summed E-state index contributed by atoms with van der Waals surface area (Å²) in [7, 11) is 0. The number of esters is 1. The molecule has 0 aliphatic carbocycles. The predicted octanol–water partition coefficient (Wildman–Crippen LogP) is 5.49. The van der Waals surface area contributed by atoms with Gasteiger partial charge in [-0.3, -0.25) is 4.79 Å². The van der Waals surface area contributed by atoms with E-state index < -0.39 is 5.97 Å². The highest BCUT2D eigenvalue weighted by Crippen LogP contribution is 2.31. The molecule has 4 nitrogen and oxygen atoms in total. The number of ether oxygens (including phenoxy) is 1. The Hall–Kier alpha value is -2.40. The van der Waals surface area contributed by atoms with Crippen molar-refractivity contribution in [1.82, 2.24) is 4.98 Å². The zero-order valence-corrected chi connectivity index (χ0v) is 15.3. The first-order valence-corrected chi connectivity index (χ1v) is 8.52. The topological polar surface area (TPSA) is 56.3 Å². The summed E-state index contributed by atoms with van der Waals surface area (Å²) in [5.41, 5.74) is 0.899. The van der Waals surface area contributed by atoms with E-state index in [1.54, 1.807) is 36.4 Å². The van der Waals surface area contributed by atoms with Crippen molar-refractivity contribution < 1.29 is 14.3 Å². The van der Waals surface area contributed by atoms with Gasteiger partial charge in [0, 0.05) is 17.3 Å². The first kappa shape index (κ1) is 18.4. The molecule has 0 atom stereocenters. The number of nitrogens with zero attached hydrogens (tertiary/aromatic N) is 1. The van der Waals surface area contributed by atoms with Crippen molar-refractivity contribution >= 4 is 46.6 Å². The van der Waals surface area contributed by atoms with Crippen LogP contribution in [0.4, 0.5) is 0 Å². The SMILES string of the molecule is O=C(c1ccccc1)c1ccc(OC(=O)c2ncc(Cl)c(Cl)c2Cl)cc1. The van der Waals surface area contributed by atoms with Gasteiger partial charge in [0.1, 0.15) is 5.75 Å². The summed E-state index contributed by atoms with van der Waals surface area (Å²) >= 11 is 17.6. The van der Waals surface area contributed by atoms with Crippen molar-refractivity contribution in [3.63, 3.8) is 0 Å². The van der Waals surface area contributed by atoms with E-state index in [1.807, 2.05) is 6.07 Å². The maximum Gasteiger partial charge on any atom is 0.363 e. The zero-order valence-electron chi connectivity index (χ0n) is 13.1. The summed E-state index contributed by atoms with van der Waals surface area (Å²) in [6, 6.07) is 15.0. The van der Waals surface area contributed by atoms with E-state index in [-0.39, 0.29) is 32.3 Å². The summed E-state index contributed by atoms with van der Waals surface area (Å²) < 4.78 is 5.22. The van der Waals surface area contributed by atoms with Crippen LogP contribution in [0.25, 0.3) is 0 Å². The second kappa shape index (κ2) is 7.87. The molecule has 0 saturated carbocycles. The molecule has 1 heterocycles. The summed E-state index contributed by atoms with van der Waals surface area (Å²) in [6.07, 6.45) is 1.22. The highest BCUT2D eigenvalue weighted by molar-refractivity contribution is 6.48. The monoisotopic (exact) mass is 405 g/mol. The van der Waals surface area contributed by atoms with E-state index >= 15 is 0 Å². The van der Waals surface area contributed by atoms with Crippen molar-refractivity contribution in [1.29, 1.82) is 0 Å². The van der Waals surface area contributed by atoms with Crippen molar-refractivity contribution in [3.05, 3.63) is 92.7 Å². The van der Waals surface area contributed by atoms with Gasteiger partial charge in [-0.2, -0.15) is 0 Å². The molecule has 0 radical (unpaired) electrons. The van der Waals surface area contributed by atoms with Crippen LogP contribution in [-0.2, 0) is 0 Å². The second-order valence-electron chi connectivity index (χ2n) is 5.19. The minimum absolute atomic E-state index is 0.0269. The van der Waals surface area contributed by atoms with Crippen molar-refractivity contribution in [2.75, 3.05) is 0 Å². The molecule has 0 aliphatic heterocycles. The molecule has 3 aromatic rings. The number of halogens is 3. The van der Waals surface area contributed by atoms with Gasteiger partial charge >= 0.3 is 5.97 Å². The Morgan fingerprint density at radius 1 is 0.808 bits per heavy atom. The Balaban J connectivity index is 1.77. The molecule has 0 fully saturated rings. The molecule has 7 heteroatoms. The Labute approximate surface area is 164 Å². The van der Waals surface area contributed by atoms with Crippen LogP contribution in [0.15, 0.2) is 60.8 Å². The van der Waals surface area contributed by atoms with Crippen LogP contribution in [0.5, 0.6) is 5.75 Å². The first-order valence-electron chi connectivity index (χ1n) is 7.39. The molecule has 0 aliphatic rings. The molecular formula is C19H10Cl3NO3. The molecule has 26 heavy (non-hydrogen) atoms. The van der Waals surface area contributed by atoms with Crippen molar-refractivity contribution in [3.8, 4) is 5.75 Å². The number of benzene rings is 2. The molecule has 0 unspecified atom stereocenters.